The molecule has 160 valence electrons. The van der Waals surface area contributed by atoms with E-state index in [1.54, 1.807) is 0 Å². The molecule has 2 heterocycles. The summed E-state index contributed by atoms with van der Waals surface area (Å²) < 4.78 is 33.7. The second kappa shape index (κ2) is 8.79. The lowest BCUT2D eigenvalue weighted by molar-refractivity contribution is 0.0799. The van der Waals surface area contributed by atoms with E-state index in [4.69, 9.17) is 16.2 Å². The molecular formula is C21H20F2N6O2. The fourth-order valence-corrected chi connectivity index (χ4v) is 3.32. The molecule has 3 rings (SSSR count). The highest BCUT2D eigenvalue weighted by Crippen LogP contribution is 2.33. The zero-order valence-corrected chi connectivity index (χ0v) is 16.9. The van der Waals surface area contributed by atoms with Crippen molar-refractivity contribution in [2.75, 3.05) is 33.0 Å². The summed E-state index contributed by atoms with van der Waals surface area (Å²) >= 11 is 0. The summed E-state index contributed by atoms with van der Waals surface area (Å²) in [6.07, 6.45) is 0.0559. The van der Waals surface area contributed by atoms with Crippen LogP contribution in [0.1, 0.15) is 27.6 Å². The smallest absolute Gasteiger partial charge is 0.254 e. The molecule has 31 heavy (non-hydrogen) atoms. The van der Waals surface area contributed by atoms with Crippen LogP contribution in [0.25, 0.3) is 5.57 Å². The molecule has 1 amide bonds. The molecular weight excluding hydrogens is 406 g/mol. The topological polar surface area (TPSA) is 131 Å². The van der Waals surface area contributed by atoms with Crippen LogP contribution in [-0.4, -0.2) is 48.8 Å². The van der Waals surface area contributed by atoms with Crippen molar-refractivity contribution in [3.63, 3.8) is 0 Å². The van der Waals surface area contributed by atoms with Crippen LogP contribution < -0.4 is 16.2 Å². The number of fused-ring (bicyclic) bond motifs is 3. The first-order valence-electron chi connectivity index (χ1n) is 9.20. The minimum atomic E-state index is -1.32. The van der Waals surface area contributed by atoms with Gasteiger partial charge >= 0.3 is 0 Å². The maximum absolute atomic E-state index is 14.0. The number of amides is 1. The van der Waals surface area contributed by atoms with E-state index in [1.165, 1.54) is 37.3 Å². The number of ether oxygens (including phenoxy) is 1. The Balaban J connectivity index is 2.31. The van der Waals surface area contributed by atoms with Gasteiger partial charge in [-0.2, -0.15) is 5.26 Å². The van der Waals surface area contributed by atoms with Gasteiger partial charge < -0.3 is 21.1 Å². The van der Waals surface area contributed by atoms with E-state index in [0.29, 0.717) is 5.56 Å². The summed E-state index contributed by atoms with van der Waals surface area (Å²) in [6.45, 7) is -1.13. The Morgan fingerprint density at radius 1 is 1.42 bits per heavy atom. The lowest BCUT2D eigenvalue weighted by atomic mass is 9.98. The number of anilines is 1. The summed E-state index contributed by atoms with van der Waals surface area (Å²) in [4.78, 5) is 22.4. The molecule has 0 saturated heterocycles. The number of nitrogens with two attached hydrogens (primary N) is 2. The highest BCUT2D eigenvalue weighted by atomic mass is 19.1. The van der Waals surface area contributed by atoms with Gasteiger partial charge in [-0.1, -0.05) is 0 Å². The van der Waals surface area contributed by atoms with Crippen LogP contribution in [-0.2, 0) is 0 Å². The van der Waals surface area contributed by atoms with E-state index in [-0.39, 0.29) is 46.2 Å². The van der Waals surface area contributed by atoms with Gasteiger partial charge in [0.25, 0.3) is 5.91 Å². The second-order valence-corrected chi connectivity index (χ2v) is 6.85. The molecule has 0 saturated carbocycles. The fourth-order valence-electron chi connectivity index (χ4n) is 3.32. The molecule has 0 spiro atoms. The molecule has 1 aliphatic rings. The van der Waals surface area contributed by atoms with Gasteiger partial charge in [-0.3, -0.25) is 9.79 Å². The average molecular weight is 426 g/mol. The van der Waals surface area contributed by atoms with Crippen molar-refractivity contribution >= 4 is 23.0 Å². The van der Waals surface area contributed by atoms with Crippen LogP contribution in [0.3, 0.4) is 0 Å². The van der Waals surface area contributed by atoms with Crippen LogP contribution in [0.4, 0.5) is 14.6 Å². The summed E-state index contributed by atoms with van der Waals surface area (Å²) in [5.41, 5.74) is 13.0. The Bertz CT molecular complexity index is 1140. The molecule has 0 fully saturated rings. The number of hydrogen-bond donors (Lipinski definition) is 2. The number of carbonyl (C=O) groups is 1. The molecule has 2 aromatic rings. The zero-order chi connectivity index (χ0) is 22.7. The van der Waals surface area contributed by atoms with E-state index < -0.39 is 24.5 Å². The number of aliphatic imine (C=N–C) groups is 1. The van der Waals surface area contributed by atoms with Gasteiger partial charge in [0, 0.05) is 48.3 Å². The SMILES string of the molecule is CN=C(C#N)C1=C(N)CN(C)C(=O)c2ccc(F)cc2C(CF)Oc2cc1cnc2N. The van der Waals surface area contributed by atoms with Crippen molar-refractivity contribution in [2.45, 2.75) is 6.10 Å². The summed E-state index contributed by atoms with van der Waals surface area (Å²) in [7, 11) is 2.91. The van der Waals surface area contributed by atoms with E-state index in [1.807, 2.05) is 6.07 Å². The largest absolute Gasteiger partial charge is 0.479 e. The minimum Gasteiger partial charge on any atom is -0.479 e. The molecule has 1 unspecified atom stereocenters. The number of pyridine rings is 1. The lowest BCUT2D eigenvalue weighted by Crippen LogP contribution is -2.33. The van der Waals surface area contributed by atoms with Gasteiger partial charge in [-0.05, 0) is 24.3 Å². The summed E-state index contributed by atoms with van der Waals surface area (Å²) in [6, 6.07) is 6.83. The molecule has 2 bridgehead atoms. The number of nitriles is 1. The number of alkyl halides is 1. The third-order valence-electron chi connectivity index (χ3n) is 4.81. The van der Waals surface area contributed by atoms with Gasteiger partial charge in [-0.25, -0.2) is 13.8 Å². The number of benzene rings is 1. The monoisotopic (exact) mass is 426 g/mol. The van der Waals surface area contributed by atoms with Crippen molar-refractivity contribution < 1.29 is 18.3 Å². The van der Waals surface area contributed by atoms with Crippen molar-refractivity contribution in [2.24, 2.45) is 10.7 Å². The van der Waals surface area contributed by atoms with Gasteiger partial charge in [0.05, 0.1) is 6.54 Å². The average Bonchev–Trinajstić information content (AvgIpc) is 2.75. The van der Waals surface area contributed by atoms with Crippen LogP contribution >= 0.6 is 0 Å². The molecule has 1 aromatic heterocycles. The molecule has 1 aromatic carbocycles. The number of rotatable bonds is 2. The summed E-state index contributed by atoms with van der Waals surface area (Å²) in [5.74, 6) is -1.23. The third kappa shape index (κ3) is 4.16. The molecule has 0 aliphatic carbocycles. The number of halogens is 2. The first kappa shape index (κ1) is 21.7. The standard InChI is InChI=1S/C21H20F2N6O2/c1-27-16(8-24)19-11-5-17(20(26)28-9-11)31-18(7-22)14-6-12(23)3-4-13(14)21(30)29(2)10-15(19)25/h3-6,9,18H,7,10,25H2,1-2H3,(H2,26,28). The second-order valence-electron chi connectivity index (χ2n) is 6.85. The first-order valence-corrected chi connectivity index (χ1v) is 9.20. The molecule has 8 nitrogen and oxygen atoms in total. The Kier molecular flexibility index (Phi) is 6.15. The molecule has 1 atom stereocenters. The number of hydrogen-bond acceptors (Lipinski definition) is 7. The first-order chi connectivity index (χ1) is 14.8. The van der Waals surface area contributed by atoms with Crippen LogP contribution in [0, 0.1) is 17.1 Å². The summed E-state index contributed by atoms with van der Waals surface area (Å²) in [5, 5.41) is 9.51. The van der Waals surface area contributed by atoms with Crippen molar-refractivity contribution in [1.29, 1.82) is 5.26 Å². The van der Waals surface area contributed by atoms with Gasteiger partial charge in [0.2, 0.25) is 0 Å². The van der Waals surface area contributed by atoms with Crippen molar-refractivity contribution in [1.82, 2.24) is 9.88 Å². The van der Waals surface area contributed by atoms with Crippen LogP contribution in [0.2, 0.25) is 0 Å². The Hall–Kier alpha value is -4.00. The lowest BCUT2D eigenvalue weighted by Gasteiger charge is -2.25. The zero-order valence-electron chi connectivity index (χ0n) is 16.9. The number of likely N-dealkylation sites (N-methyl/N-ethyl adjacent to an activating group) is 1. The number of aromatic nitrogens is 1. The van der Waals surface area contributed by atoms with E-state index in [9.17, 15) is 18.8 Å². The Labute approximate surface area is 177 Å². The van der Waals surface area contributed by atoms with Crippen LogP contribution in [0.15, 0.2) is 41.2 Å². The quantitative estimate of drug-likeness (QED) is 0.708. The Morgan fingerprint density at radius 2 is 2.16 bits per heavy atom. The number of nitrogens with zero attached hydrogens (tertiary/aromatic N) is 4. The van der Waals surface area contributed by atoms with E-state index in [2.05, 4.69) is 9.98 Å². The highest BCUT2D eigenvalue weighted by molar-refractivity contribution is 6.32. The van der Waals surface area contributed by atoms with Crippen LogP contribution in [0.5, 0.6) is 5.75 Å². The molecule has 1 aliphatic heterocycles. The van der Waals surface area contributed by atoms with Crippen molar-refractivity contribution in [3.05, 3.63) is 58.7 Å². The Morgan fingerprint density at radius 3 is 2.81 bits per heavy atom. The highest BCUT2D eigenvalue weighted by Gasteiger charge is 2.27. The maximum Gasteiger partial charge on any atom is 0.254 e. The number of nitrogen functional groups attached to an aromatic ring is 1. The van der Waals surface area contributed by atoms with Gasteiger partial charge in [0.15, 0.2) is 17.7 Å². The molecule has 0 radical (unpaired) electrons. The maximum atomic E-state index is 14.0. The predicted octanol–water partition coefficient (Wildman–Crippen LogP) is 2.24. The molecule has 4 N–H and O–H groups in total. The van der Waals surface area contributed by atoms with E-state index in [0.717, 1.165) is 12.1 Å². The third-order valence-corrected chi connectivity index (χ3v) is 4.81. The normalized spacial score (nSPS) is 17.3. The minimum absolute atomic E-state index is 0.00423. The van der Waals surface area contributed by atoms with Gasteiger partial charge in [0.1, 0.15) is 24.3 Å². The predicted molar refractivity (Wildman–Crippen MR) is 111 cm³/mol. The number of allylic oxidation sites excluding steroid dienone is 1. The van der Waals surface area contributed by atoms with E-state index >= 15 is 0 Å². The number of carbonyl (C=O) groups excluding carboxylic acids is 1. The van der Waals surface area contributed by atoms with Gasteiger partial charge in [-0.15, -0.1) is 0 Å². The molecule has 10 heteroatoms. The fraction of sp³-hybridized carbons (Fsp3) is 0.238. The van der Waals surface area contributed by atoms with Crippen molar-refractivity contribution in [3.8, 4) is 11.8 Å².